The molecule has 0 spiro atoms. The lowest BCUT2D eigenvalue weighted by atomic mass is 10.1. The van der Waals surface area contributed by atoms with Crippen molar-refractivity contribution in [2.75, 3.05) is 0 Å². The summed E-state index contributed by atoms with van der Waals surface area (Å²) in [5.41, 5.74) is 6.72. The molecule has 0 aliphatic carbocycles. The summed E-state index contributed by atoms with van der Waals surface area (Å²) < 4.78 is 9.13. The van der Waals surface area contributed by atoms with Gasteiger partial charge in [-0.15, -0.1) is 0 Å². The van der Waals surface area contributed by atoms with E-state index in [0.717, 1.165) is 34.1 Å². The topological polar surface area (TPSA) is 52.3 Å². The molecule has 0 radical (unpaired) electrons. The molecule has 0 aromatic heterocycles. The van der Waals surface area contributed by atoms with Gasteiger partial charge in [0.1, 0.15) is 12.0 Å². The monoisotopic (exact) mass is 619 g/mol. The van der Waals surface area contributed by atoms with E-state index in [2.05, 4.69) is 67.8 Å². The number of hydrogen-bond donors (Lipinski definition) is 1. The lowest BCUT2D eigenvalue weighted by Crippen LogP contribution is -2.24. The molecule has 110 valence electrons. The second kappa shape index (κ2) is 8.06. The summed E-state index contributed by atoms with van der Waals surface area (Å²) in [5.74, 6) is 1.65. The molecule has 2 aromatic carbocycles. The zero-order valence-electron chi connectivity index (χ0n) is 10.9. The molecule has 0 amide bonds. The second-order valence-corrected chi connectivity index (χ2v) is 8.02. The number of rotatable bonds is 5. The van der Waals surface area contributed by atoms with Crippen molar-refractivity contribution in [3.8, 4) is 11.5 Å². The van der Waals surface area contributed by atoms with Crippen LogP contribution in [-0.4, -0.2) is 12.3 Å². The zero-order valence-corrected chi connectivity index (χ0v) is 17.3. The fourth-order valence-electron chi connectivity index (χ4n) is 1.80. The molecule has 1 atom stereocenters. The maximum atomic E-state index is 10.7. The molecular weight excluding hydrogens is 607 g/mol. The number of hydrogen-bond acceptors (Lipinski definition) is 3. The summed E-state index contributed by atoms with van der Waals surface area (Å²) in [7, 11) is 0. The Morgan fingerprint density at radius 2 is 1.81 bits per heavy atom. The lowest BCUT2D eigenvalue weighted by molar-refractivity contribution is -0.108. The lowest BCUT2D eigenvalue weighted by Gasteiger charge is -2.13. The van der Waals surface area contributed by atoms with E-state index in [-0.39, 0.29) is 0 Å². The van der Waals surface area contributed by atoms with Crippen LogP contribution in [0.1, 0.15) is 5.56 Å². The van der Waals surface area contributed by atoms with Crippen LogP contribution in [0.15, 0.2) is 36.4 Å². The highest BCUT2D eigenvalue weighted by atomic mass is 127. The first-order valence-electron chi connectivity index (χ1n) is 6.12. The standard InChI is InChI=1S/C15H12I3NO2/c16-10-2-1-3-12(7-10)21-15-13(17)5-9(6-14(15)18)4-11(19)8-20/h1-3,5-8,11H,4,19H2/t11-/m0/s1. The van der Waals surface area contributed by atoms with Gasteiger partial charge in [-0.1, -0.05) is 6.07 Å². The molecule has 2 rings (SSSR count). The number of aldehydes is 1. The van der Waals surface area contributed by atoms with Gasteiger partial charge in [0, 0.05) is 3.57 Å². The Morgan fingerprint density at radius 3 is 2.38 bits per heavy atom. The fourth-order valence-corrected chi connectivity index (χ4v) is 4.43. The van der Waals surface area contributed by atoms with Crippen LogP contribution in [0.3, 0.4) is 0 Å². The molecular formula is C15H12I3NO2. The minimum Gasteiger partial charge on any atom is -0.455 e. The normalized spacial score (nSPS) is 12.0. The van der Waals surface area contributed by atoms with E-state index in [0.29, 0.717) is 6.42 Å². The average Bonchev–Trinajstić information content (AvgIpc) is 2.43. The van der Waals surface area contributed by atoms with Crippen LogP contribution in [0.4, 0.5) is 0 Å². The van der Waals surface area contributed by atoms with Gasteiger partial charge in [-0.2, -0.15) is 0 Å². The third-order valence-corrected chi connectivity index (χ3v) is 4.99. The van der Waals surface area contributed by atoms with Crippen LogP contribution >= 0.6 is 67.8 Å². The van der Waals surface area contributed by atoms with Gasteiger partial charge < -0.3 is 15.3 Å². The number of ether oxygens (including phenoxy) is 1. The summed E-state index contributed by atoms with van der Waals surface area (Å²) in [4.78, 5) is 10.7. The van der Waals surface area contributed by atoms with E-state index in [9.17, 15) is 4.79 Å². The maximum Gasteiger partial charge on any atom is 0.154 e. The third kappa shape index (κ3) is 5.03. The Bertz CT molecular complexity index is 638. The maximum absolute atomic E-state index is 10.7. The van der Waals surface area contributed by atoms with Gasteiger partial charge in [-0.05, 0) is 110 Å². The predicted molar refractivity (Wildman–Crippen MR) is 109 cm³/mol. The Labute approximate surface area is 164 Å². The van der Waals surface area contributed by atoms with Crippen LogP contribution in [0.5, 0.6) is 11.5 Å². The van der Waals surface area contributed by atoms with Gasteiger partial charge in [0.15, 0.2) is 5.75 Å². The number of halogens is 3. The van der Waals surface area contributed by atoms with E-state index in [1.165, 1.54) is 0 Å². The Balaban J connectivity index is 2.26. The molecule has 0 aliphatic heterocycles. The first-order chi connectivity index (χ1) is 9.99. The fraction of sp³-hybridized carbons (Fsp3) is 0.133. The first kappa shape index (κ1) is 17.4. The minimum atomic E-state index is -0.459. The molecule has 2 aromatic rings. The van der Waals surface area contributed by atoms with Crippen molar-refractivity contribution < 1.29 is 9.53 Å². The second-order valence-electron chi connectivity index (χ2n) is 4.45. The molecule has 0 heterocycles. The Morgan fingerprint density at radius 1 is 1.14 bits per heavy atom. The van der Waals surface area contributed by atoms with Crippen LogP contribution in [-0.2, 0) is 11.2 Å². The van der Waals surface area contributed by atoms with Crippen molar-refractivity contribution in [1.82, 2.24) is 0 Å². The molecule has 2 N–H and O–H groups in total. The average molecular weight is 619 g/mol. The number of carbonyl (C=O) groups excluding carboxylic acids is 1. The van der Waals surface area contributed by atoms with Crippen molar-refractivity contribution in [3.05, 3.63) is 52.7 Å². The van der Waals surface area contributed by atoms with Crippen molar-refractivity contribution in [1.29, 1.82) is 0 Å². The van der Waals surface area contributed by atoms with Crippen molar-refractivity contribution in [3.63, 3.8) is 0 Å². The van der Waals surface area contributed by atoms with E-state index in [4.69, 9.17) is 10.5 Å². The summed E-state index contributed by atoms with van der Waals surface area (Å²) >= 11 is 6.75. The smallest absolute Gasteiger partial charge is 0.154 e. The van der Waals surface area contributed by atoms with Crippen molar-refractivity contribution in [2.45, 2.75) is 12.5 Å². The summed E-state index contributed by atoms with van der Waals surface area (Å²) in [6, 6.07) is 11.5. The summed E-state index contributed by atoms with van der Waals surface area (Å²) in [6.45, 7) is 0. The highest BCUT2D eigenvalue weighted by Crippen LogP contribution is 2.33. The molecule has 6 heteroatoms. The van der Waals surface area contributed by atoms with E-state index >= 15 is 0 Å². The summed E-state index contributed by atoms with van der Waals surface area (Å²) in [6.07, 6.45) is 1.31. The SMILES string of the molecule is N[C@H](C=O)Cc1cc(I)c(Oc2cccc(I)c2)c(I)c1. The van der Waals surface area contributed by atoms with Crippen LogP contribution in [0.2, 0.25) is 0 Å². The quantitative estimate of drug-likeness (QED) is 0.400. The number of benzene rings is 2. The minimum absolute atomic E-state index is 0.459. The van der Waals surface area contributed by atoms with Gasteiger partial charge >= 0.3 is 0 Å². The first-order valence-corrected chi connectivity index (χ1v) is 9.35. The predicted octanol–water partition coefficient (Wildman–Crippen LogP) is 4.36. The van der Waals surface area contributed by atoms with Gasteiger partial charge in [-0.3, -0.25) is 0 Å². The van der Waals surface area contributed by atoms with E-state index in [1.807, 2.05) is 36.4 Å². The molecule has 0 saturated carbocycles. The molecule has 0 fully saturated rings. The zero-order chi connectivity index (χ0) is 15.4. The number of carbonyl (C=O) groups is 1. The van der Waals surface area contributed by atoms with Gasteiger partial charge in [0.25, 0.3) is 0 Å². The highest BCUT2D eigenvalue weighted by Gasteiger charge is 2.12. The third-order valence-electron chi connectivity index (χ3n) is 2.72. The molecule has 0 aliphatic rings. The van der Waals surface area contributed by atoms with Crippen LogP contribution in [0, 0.1) is 10.7 Å². The van der Waals surface area contributed by atoms with E-state index in [1.54, 1.807) is 0 Å². The van der Waals surface area contributed by atoms with Gasteiger partial charge in [0.2, 0.25) is 0 Å². The largest absolute Gasteiger partial charge is 0.455 e. The Hall–Kier alpha value is 0.0600. The molecule has 21 heavy (non-hydrogen) atoms. The number of nitrogens with two attached hydrogens (primary N) is 1. The van der Waals surface area contributed by atoms with Crippen LogP contribution < -0.4 is 10.5 Å². The van der Waals surface area contributed by atoms with Crippen LogP contribution in [0.25, 0.3) is 0 Å². The summed E-state index contributed by atoms with van der Waals surface area (Å²) in [5, 5.41) is 0. The molecule has 3 nitrogen and oxygen atoms in total. The van der Waals surface area contributed by atoms with Crippen molar-refractivity contribution >= 4 is 74.1 Å². The van der Waals surface area contributed by atoms with Gasteiger partial charge in [-0.25, -0.2) is 0 Å². The molecule has 0 unspecified atom stereocenters. The molecule has 0 bridgehead atoms. The highest BCUT2D eigenvalue weighted by molar-refractivity contribution is 14.1. The Kier molecular flexibility index (Phi) is 6.69. The van der Waals surface area contributed by atoms with E-state index < -0.39 is 6.04 Å². The van der Waals surface area contributed by atoms with Crippen molar-refractivity contribution in [2.24, 2.45) is 5.73 Å². The molecule has 0 saturated heterocycles. The van der Waals surface area contributed by atoms with Gasteiger partial charge in [0.05, 0.1) is 13.2 Å².